The van der Waals surface area contributed by atoms with Crippen molar-refractivity contribution < 1.29 is 11.0 Å². The van der Waals surface area contributed by atoms with Gasteiger partial charge in [0.1, 0.15) is 0 Å². The molecule has 1 aliphatic rings. The molecule has 0 amide bonds. The number of hydrogen-bond acceptors (Lipinski definition) is 2. The molecule has 68 valence electrons. The normalized spacial score (nSPS) is 27.2. The molecule has 0 aliphatic heterocycles. The summed E-state index contributed by atoms with van der Waals surface area (Å²) in [4.78, 5) is 10.5. The van der Waals surface area contributed by atoms with E-state index in [-0.39, 0.29) is 7.40 Å². The summed E-state index contributed by atoms with van der Waals surface area (Å²) in [6, 6.07) is 0. The molecule has 1 aliphatic carbocycles. The van der Waals surface area contributed by atoms with E-state index < -0.39 is 0 Å². The molecule has 0 saturated carbocycles. The first-order valence-corrected chi connectivity index (χ1v) is 4.18. The lowest BCUT2D eigenvalue weighted by Gasteiger charge is -2.19. The van der Waals surface area contributed by atoms with Gasteiger partial charge in [-0.25, -0.2) is 0 Å². The molecule has 12 heavy (non-hydrogen) atoms. The van der Waals surface area contributed by atoms with Crippen molar-refractivity contribution >= 4 is 5.97 Å². The topological polar surface area (TPSA) is 26.3 Å². The number of hydrogen-bond donors (Lipinski definition) is 0. The summed E-state index contributed by atoms with van der Waals surface area (Å²) in [7, 11) is 0. The van der Waals surface area contributed by atoms with E-state index in [2.05, 4.69) is 19.1 Å². The number of allylic oxidation sites excluding steroid dienone is 3. The standard InChI is InChI=1S/C10H14O2.H2/c1-8-5-3-4-6-10(8)7-12-9(2)11;/h3-6,8,10H,7H2,1-2H3;1H. The highest BCUT2D eigenvalue weighted by Crippen LogP contribution is 2.18. The number of carbonyl (C=O) groups is 1. The Morgan fingerprint density at radius 1 is 1.50 bits per heavy atom. The van der Waals surface area contributed by atoms with E-state index in [0.717, 1.165) is 0 Å². The molecule has 0 N–H and O–H groups in total. The molecular formula is C10H16O2. The summed E-state index contributed by atoms with van der Waals surface area (Å²) in [6.45, 7) is 4.05. The molecule has 0 fully saturated rings. The number of rotatable bonds is 2. The van der Waals surface area contributed by atoms with Crippen LogP contribution in [0.5, 0.6) is 0 Å². The smallest absolute Gasteiger partial charge is 0.302 e. The molecule has 0 heterocycles. The van der Waals surface area contributed by atoms with Gasteiger partial charge in [0, 0.05) is 14.3 Å². The molecule has 2 heteroatoms. The maximum Gasteiger partial charge on any atom is 0.302 e. The van der Waals surface area contributed by atoms with Crippen LogP contribution in [0.15, 0.2) is 24.3 Å². The number of esters is 1. The molecule has 2 nitrogen and oxygen atoms in total. The van der Waals surface area contributed by atoms with E-state index in [0.29, 0.717) is 18.4 Å². The first-order chi connectivity index (χ1) is 5.70. The highest BCUT2D eigenvalue weighted by molar-refractivity contribution is 5.65. The Morgan fingerprint density at radius 2 is 2.17 bits per heavy atom. The van der Waals surface area contributed by atoms with Crippen LogP contribution in [0.2, 0.25) is 0 Å². The monoisotopic (exact) mass is 168 g/mol. The second kappa shape index (κ2) is 4.10. The van der Waals surface area contributed by atoms with Gasteiger partial charge in [-0.3, -0.25) is 4.79 Å². The summed E-state index contributed by atoms with van der Waals surface area (Å²) in [6.07, 6.45) is 8.21. The Labute approximate surface area is 74.4 Å². The van der Waals surface area contributed by atoms with Crippen LogP contribution in [0.25, 0.3) is 0 Å². The summed E-state index contributed by atoms with van der Waals surface area (Å²) in [5.74, 6) is 0.610. The van der Waals surface area contributed by atoms with E-state index in [1.54, 1.807) is 0 Å². The molecule has 2 atom stereocenters. The third kappa shape index (κ3) is 2.53. The van der Waals surface area contributed by atoms with Crippen LogP contribution in [0, 0.1) is 11.8 Å². The highest BCUT2D eigenvalue weighted by Gasteiger charge is 2.14. The largest absolute Gasteiger partial charge is 0.465 e. The van der Waals surface area contributed by atoms with Gasteiger partial charge in [0.25, 0.3) is 0 Å². The van der Waals surface area contributed by atoms with Crippen molar-refractivity contribution in [2.45, 2.75) is 13.8 Å². The Hall–Kier alpha value is -1.05. The predicted molar refractivity (Wildman–Crippen MR) is 49.7 cm³/mol. The molecule has 0 saturated heterocycles. The summed E-state index contributed by atoms with van der Waals surface area (Å²) >= 11 is 0. The lowest BCUT2D eigenvalue weighted by atomic mass is 9.91. The van der Waals surface area contributed by atoms with Crippen molar-refractivity contribution in [3.8, 4) is 0 Å². The van der Waals surface area contributed by atoms with Crippen molar-refractivity contribution in [2.24, 2.45) is 11.8 Å². The molecule has 0 aromatic heterocycles. The van der Waals surface area contributed by atoms with E-state index in [1.165, 1.54) is 6.92 Å². The van der Waals surface area contributed by atoms with Crippen LogP contribution >= 0.6 is 0 Å². The second-order valence-corrected chi connectivity index (χ2v) is 3.10. The quantitative estimate of drug-likeness (QED) is 0.591. The molecule has 0 spiro atoms. The van der Waals surface area contributed by atoms with E-state index in [1.807, 2.05) is 12.2 Å². The molecular weight excluding hydrogens is 152 g/mol. The van der Waals surface area contributed by atoms with Crippen molar-refractivity contribution in [3.05, 3.63) is 24.3 Å². The summed E-state index contributed by atoms with van der Waals surface area (Å²) in [5.41, 5.74) is 0. The third-order valence-electron chi connectivity index (χ3n) is 2.04. The molecule has 2 unspecified atom stereocenters. The van der Waals surface area contributed by atoms with Gasteiger partial charge in [-0.1, -0.05) is 31.2 Å². The highest BCUT2D eigenvalue weighted by atomic mass is 16.5. The molecule has 1 rings (SSSR count). The Balaban J connectivity index is 0.00000144. The first-order valence-electron chi connectivity index (χ1n) is 4.18. The van der Waals surface area contributed by atoms with Crippen molar-refractivity contribution in [1.29, 1.82) is 0 Å². The zero-order valence-electron chi connectivity index (χ0n) is 7.49. The SMILES string of the molecule is CC(=O)OCC1C=CC=CC1C.[HH]. The predicted octanol–water partition coefficient (Wildman–Crippen LogP) is 2.17. The molecule has 0 radical (unpaired) electrons. The Morgan fingerprint density at radius 3 is 2.75 bits per heavy atom. The average molecular weight is 168 g/mol. The van der Waals surface area contributed by atoms with E-state index >= 15 is 0 Å². The fourth-order valence-corrected chi connectivity index (χ4v) is 1.19. The maximum absolute atomic E-state index is 10.5. The lowest BCUT2D eigenvalue weighted by molar-refractivity contribution is -0.142. The van der Waals surface area contributed by atoms with E-state index in [9.17, 15) is 4.79 Å². The molecule has 0 aromatic carbocycles. The maximum atomic E-state index is 10.5. The van der Waals surface area contributed by atoms with Crippen LogP contribution in [0.3, 0.4) is 0 Å². The van der Waals surface area contributed by atoms with Gasteiger partial charge < -0.3 is 4.74 Å². The fourth-order valence-electron chi connectivity index (χ4n) is 1.19. The second-order valence-electron chi connectivity index (χ2n) is 3.10. The van der Waals surface area contributed by atoms with Gasteiger partial charge in [-0.2, -0.15) is 0 Å². The molecule has 0 bridgehead atoms. The minimum atomic E-state index is -0.204. The first kappa shape index (κ1) is 9.04. The average Bonchev–Trinajstić information content (AvgIpc) is 2.03. The van der Waals surface area contributed by atoms with Crippen LogP contribution in [0.4, 0.5) is 0 Å². The van der Waals surface area contributed by atoms with Crippen LogP contribution in [-0.2, 0) is 9.53 Å². The van der Waals surface area contributed by atoms with Crippen LogP contribution in [0.1, 0.15) is 15.3 Å². The van der Waals surface area contributed by atoms with Crippen LogP contribution < -0.4 is 0 Å². The minimum Gasteiger partial charge on any atom is -0.465 e. The van der Waals surface area contributed by atoms with Crippen molar-refractivity contribution in [2.75, 3.05) is 6.61 Å². The van der Waals surface area contributed by atoms with Crippen molar-refractivity contribution in [1.82, 2.24) is 0 Å². The zero-order valence-corrected chi connectivity index (χ0v) is 7.49. The lowest BCUT2D eigenvalue weighted by Crippen LogP contribution is -2.17. The van der Waals surface area contributed by atoms with Crippen molar-refractivity contribution in [3.63, 3.8) is 0 Å². The fraction of sp³-hybridized carbons (Fsp3) is 0.500. The van der Waals surface area contributed by atoms with E-state index in [4.69, 9.17) is 4.74 Å². The van der Waals surface area contributed by atoms with Gasteiger partial charge >= 0.3 is 5.97 Å². The van der Waals surface area contributed by atoms with Gasteiger partial charge in [-0.05, 0) is 5.92 Å². The summed E-state index contributed by atoms with van der Waals surface area (Å²) in [5, 5.41) is 0. The zero-order chi connectivity index (χ0) is 8.97. The number of carbonyl (C=O) groups excluding carboxylic acids is 1. The van der Waals surface area contributed by atoms with Gasteiger partial charge in [-0.15, -0.1) is 0 Å². The molecule has 0 aromatic rings. The van der Waals surface area contributed by atoms with Crippen LogP contribution in [-0.4, -0.2) is 12.6 Å². The Kier molecular flexibility index (Phi) is 3.09. The summed E-state index contributed by atoms with van der Waals surface area (Å²) < 4.78 is 4.93. The minimum absolute atomic E-state index is 0. The third-order valence-corrected chi connectivity index (χ3v) is 2.04. The Bertz CT molecular complexity index is 221. The number of ether oxygens (including phenoxy) is 1. The van der Waals surface area contributed by atoms with Gasteiger partial charge in [0.15, 0.2) is 0 Å². The van der Waals surface area contributed by atoms with Gasteiger partial charge in [0.2, 0.25) is 0 Å². The van der Waals surface area contributed by atoms with Gasteiger partial charge in [0.05, 0.1) is 6.61 Å².